The number of hydrogen-bond acceptors (Lipinski definition) is 3. The molecule has 0 atom stereocenters. The third kappa shape index (κ3) is 6.15. The van der Waals surface area contributed by atoms with E-state index in [-0.39, 0.29) is 0 Å². The molecule has 2 N–H and O–H groups in total. The first-order chi connectivity index (χ1) is 17.8. The van der Waals surface area contributed by atoms with Crippen LogP contribution >= 0.6 is 0 Å². The molecule has 0 saturated heterocycles. The van der Waals surface area contributed by atoms with Crippen LogP contribution in [0.2, 0.25) is 0 Å². The van der Waals surface area contributed by atoms with Gasteiger partial charge in [-0.05, 0) is 122 Å². The van der Waals surface area contributed by atoms with Gasteiger partial charge in [0.05, 0.1) is 0 Å². The Morgan fingerprint density at radius 2 is 1.73 bits per heavy atom. The van der Waals surface area contributed by atoms with Crippen LogP contribution in [-0.2, 0) is 13.0 Å². The van der Waals surface area contributed by atoms with Crippen LogP contribution in [0.15, 0.2) is 65.3 Å². The summed E-state index contributed by atoms with van der Waals surface area (Å²) in [5.74, 6) is 0. The average molecular weight is 496 g/mol. The van der Waals surface area contributed by atoms with E-state index in [9.17, 15) is 0 Å². The average Bonchev–Trinajstić information content (AvgIpc) is 2.91. The van der Waals surface area contributed by atoms with Gasteiger partial charge in [0.25, 0.3) is 0 Å². The van der Waals surface area contributed by atoms with Crippen molar-refractivity contribution in [2.24, 2.45) is 10.7 Å². The van der Waals surface area contributed by atoms with Crippen molar-refractivity contribution in [2.45, 2.75) is 91.8 Å². The fourth-order valence-corrected chi connectivity index (χ4v) is 6.07. The molecule has 0 bridgehead atoms. The number of allylic oxidation sites excluding steroid dienone is 3. The zero-order valence-electron chi connectivity index (χ0n) is 23.6. The summed E-state index contributed by atoms with van der Waals surface area (Å²) in [6, 6.07) is 14.3. The van der Waals surface area contributed by atoms with E-state index in [1.807, 2.05) is 6.21 Å². The van der Waals surface area contributed by atoms with Gasteiger partial charge in [-0.25, -0.2) is 0 Å². The molecule has 1 fully saturated rings. The second-order valence-corrected chi connectivity index (χ2v) is 11.0. The Kier molecular flexibility index (Phi) is 8.87. The maximum absolute atomic E-state index is 6.32. The molecule has 2 aromatic rings. The van der Waals surface area contributed by atoms with E-state index in [0.29, 0.717) is 12.1 Å². The number of aryl methyl sites for hydroxylation is 3. The minimum absolute atomic E-state index is 0.325. The molecule has 1 saturated carbocycles. The monoisotopic (exact) mass is 495 g/mol. The van der Waals surface area contributed by atoms with E-state index in [1.54, 1.807) is 0 Å². The number of hydrogen-bond donors (Lipinski definition) is 1. The Morgan fingerprint density at radius 1 is 1.03 bits per heavy atom. The predicted molar refractivity (Wildman–Crippen MR) is 161 cm³/mol. The lowest BCUT2D eigenvalue weighted by Gasteiger charge is -2.40. The summed E-state index contributed by atoms with van der Waals surface area (Å²) in [6.45, 7) is 17.7. The number of nitrogens with zero attached hydrogens (tertiary/aromatic N) is 2. The maximum atomic E-state index is 6.32. The molecule has 2 aromatic carbocycles. The second-order valence-electron chi connectivity index (χ2n) is 11.0. The molecule has 1 heterocycles. The minimum Gasteiger partial charge on any atom is -0.364 e. The number of dihydropyridines is 1. The molecular weight excluding hydrogens is 450 g/mol. The van der Waals surface area contributed by atoms with Crippen molar-refractivity contribution in [1.82, 2.24) is 4.90 Å². The zero-order valence-corrected chi connectivity index (χ0v) is 23.6. The first-order valence-corrected chi connectivity index (χ1v) is 14.1. The molecule has 3 nitrogen and oxygen atoms in total. The van der Waals surface area contributed by atoms with Gasteiger partial charge < -0.3 is 10.6 Å². The molecule has 37 heavy (non-hydrogen) atoms. The van der Waals surface area contributed by atoms with Crippen LogP contribution in [0.25, 0.3) is 11.1 Å². The summed E-state index contributed by atoms with van der Waals surface area (Å²) >= 11 is 0. The van der Waals surface area contributed by atoms with Gasteiger partial charge in [0, 0.05) is 37.1 Å². The normalized spacial score (nSPS) is 20.3. The van der Waals surface area contributed by atoms with Crippen molar-refractivity contribution in [2.75, 3.05) is 6.54 Å². The van der Waals surface area contributed by atoms with Crippen LogP contribution in [-0.4, -0.2) is 29.7 Å². The lowest BCUT2D eigenvalue weighted by Crippen LogP contribution is -2.40. The van der Waals surface area contributed by atoms with Crippen molar-refractivity contribution < 1.29 is 0 Å². The summed E-state index contributed by atoms with van der Waals surface area (Å²) in [7, 11) is 0. The summed E-state index contributed by atoms with van der Waals surface area (Å²) in [5.41, 5.74) is 19.4. The van der Waals surface area contributed by atoms with Crippen LogP contribution < -0.4 is 5.73 Å². The third-order valence-electron chi connectivity index (χ3n) is 8.49. The first kappa shape index (κ1) is 27.1. The highest BCUT2D eigenvalue weighted by Gasteiger charge is 2.27. The van der Waals surface area contributed by atoms with Gasteiger partial charge in [-0.15, -0.1) is 0 Å². The minimum atomic E-state index is 0.325. The lowest BCUT2D eigenvalue weighted by molar-refractivity contribution is 0.187. The molecular formula is C34H45N3. The third-order valence-corrected chi connectivity index (χ3v) is 8.49. The summed E-state index contributed by atoms with van der Waals surface area (Å²) in [4.78, 5) is 7.12. The van der Waals surface area contributed by atoms with Crippen LogP contribution in [0.3, 0.4) is 0 Å². The van der Waals surface area contributed by atoms with E-state index < -0.39 is 0 Å². The van der Waals surface area contributed by atoms with E-state index in [4.69, 9.17) is 12.3 Å². The smallest absolute Gasteiger partial charge is 0.0435 e. The Bertz CT molecular complexity index is 1200. The molecule has 4 rings (SSSR count). The number of nitrogens with two attached hydrogens (primary N) is 1. The number of benzene rings is 2. The predicted octanol–water partition coefficient (Wildman–Crippen LogP) is 7.80. The SMILES string of the molecule is C=C(/C(C)=C(\C)c1c(C)cccc1C)N(Cc1cc(C2=CCCN=C2)ccc1CC)C1CCC(N)CC1. The highest BCUT2D eigenvalue weighted by molar-refractivity contribution is 6.10. The quantitative estimate of drug-likeness (QED) is 0.380. The van der Waals surface area contributed by atoms with Crippen molar-refractivity contribution in [3.8, 4) is 0 Å². The van der Waals surface area contributed by atoms with Gasteiger partial charge in [-0.1, -0.05) is 49.9 Å². The Balaban J connectivity index is 1.73. The van der Waals surface area contributed by atoms with Gasteiger partial charge in [0.15, 0.2) is 0 Å². The Labute approximate surface area is 224 Å². The maximum Gasteiger partial charge on any atom is 0.0435 e. The van der Waals surface area contributed by atoms with Gasteiger partial charge in [0.2, 0.25) is 0 Å². The standard InChI is InChI=1S/C34H45N3/c1-7-28-13-14-29(30-12-9-19-36-21-30)20-31(28)22-37(33-17-15-32(35)16-18-33)27(6)25(4)26(5)34-23(2)10-8-11-24(34)3/h8,10-14,20-21,32-33H,6-7,9,15-19,22,35H2,1-5H3/b26-25+. The van der Waals surface area contributed by atoms with Crippen LogP contribution in [0, 0.1) is 13.8 Å². The highest BCUT2D eigenvalue weighted by Crippen LogP contribution is 2.34. The van der Waals surface area contributed by atoms with Crippen LogP contribution in [0.1, 0.15) is 86.3 Å². The number of aliphatic imine (C=N–C) groups is 1. The molecule has 2 aliphatic rings. The lowest BCUT2D eigenvalue weighted by atomic mass is 9.88. The molecule has 0 amide bonds. The largest absolute Gasteiger partial charge is 0.364 e. The fraction of sp³-hybridized carbons (Fsp3) is 0.441. The van der Waals surface area contributed by atoms with E-state index >= 15 is 0 Å². The molecule has 3 heteroatoms. The highest BCUT2D eigenvalue weighted by atomic mass is 15.2. The van der Waals surface area contributed by atoms with Crippen LogP contribution in [0.5, 0.6) is 0 Å². The molecule has 0 spiro atoms. The summed E-state index contributed by atoms with van der Waals surface area (Å²) < 4.78 is 0. The van der Waals surface area contributed by atoms with Gasteiger partial charge >= 0.3 is 0 Å². The molecule has 0 radical (unpaired) electrons. The van der Waals surface area contributed by atoms with E-state index in [2.05, 4.69) is 87.0 Å². The number of rotatable bonds is 8. The second kappa shape index (κ2) is 12.1. The van der Waals surface area contributed by atoms with Crippen molar-refractivity contribution >= 4 is 17.4 Å². The first-order valence-electron chi connectivity index (χ1n) is 14.1. The summed E-state index contributed by atoms with van der Waals surface area (Å²) in [5, 5.41) is 0. The Morgan fingerprint density at radius 3 is 2.35 bits per heavy atom. The zero-order chi connectivity index (χ0) is 26.5. The molecule has 0 aromatic heterocycles. The Hall–Kier alpha value is -2.91. The van der Waals surface area contributed by atoms with E-state index in [1.165, 1.54) is 50.1 Å². The summed E-state index contributed by atoms with van der Waals surface area (Å²) in [6.07, 6.45) is 10.8. The van der Waals surface area contributed by atoms with Gasteiger partial charge in [0.1, 0.15) is 0 Å². The van der Waals surface area contributed by atoms with Gasteiger partial charge in [-0.3, -0.25) is 4.99 Å². The van der Waals surface area contributed by atoms with Crippen molar-refractivity contribution in [3.05, 3.63) is 93.7 Å². The fourth-order valence-electron chi connectivity index (χ4n) is 6.07. The topological polar surface area (TPSA) is 41.6 Å². The molecule has 1 aliphatic carbocycles. The molecule has 1 aliphatic heterocycles. The van der Waals surface area contributed by atoms with E-state index in [0.717, 1.165) is 57.3 Å². The molecule has 196 valence electrons. The van der Waals surface area contributed by atoms with Crippen molar-refractivity contribution in [1.29, 1.82) is 0 Å². The van der Waals surface area contributed by atoms with Crippen LogP contribution in [0.4, 0.5) is 0 Å². The molecule has 0 unspecified atom stereocenters. The van der Waals surface area contributed by atoms with Gasteiger partial charge in [-0.2, -0.15) is 0 Å². The van der Waals surface area contributed by atoms with Crippen molar-refractivity contribution in [3.63, 3.8) is 0 Å².